The van der Waals surface area contributed by atoms with Crippen LogP contribution in [0.15, 0.2) is 77.6 Å². The Morgan fingerprint density at radius 1 is 0.737 bits per heavy atom. The molecule has 3 N–H and O–H groups in total. The molecule has 0 aliphatic carbocycles. The van der Waals surface area contributed by atoms with Crippen LogP contribution in [-0.4, -0.2) is 32.7 Å². The van der Waals surface area contributed by atoms with Crippen molar-refractivity contribution in [2.45, 2.75) is 38.6 Å². The lowest BCUT2D eigenvalue weighted by molar-refractivity contribution is 0.357. The van der Waals surface area contributed by atoms with E-state index in [1.54, 1.807) is 6.26 Å². The minimum absolute atomic E-state index is 0.790. The number of nitrogens with one attached hydrogen (secondary N) is 3. The van der Waals surface area contributed by atoms with Crippen molar-refractivity contribution in [2.75, 3.05) is 32.7 Å². The smallest absolute Gasteiger partial charge is 0.0980 e. The zero-order valence-corrected chi connectivity index (χ0v) is 23.0. The Morgan fingerprint density at radius 2 is 1.39 bits per heavy atom. The van der Waals surface area contributed by atoms with Gasteiger partial charge in [-0.2, -0.15) is 0 Å². The second-order valence-corrected chi connectivity index (χ2v) is 12.1. The molecule has 2 aromatic carbocycles. The number of thiophene rings is 1. The Bertz CT molecular complexity index is 1270. The maximum atomic E-state index is 5.29. The predicted octanol–water partition coefficient (Wildman–Crippen LogP) is 6.97. The van der Waals surface area contributed by atoms with E-state index in [2.05, 4.69) is 70.5 Å². The van der Waals surface area contributed by atoms with Gasteiger partial charge in [-0.25, -0.2) is 0 Å². The summed E-state index contributed by atoms with van der Waals surface area (Å²) in [6.07, 6.45) is 9.88. The van der Waals surface area contributed by atoms with Crippen molar-refractivity contribution in [3.8, 4) is 32.7 Å². The number of hydrogen-bond acceptors (Lipinski definition) is 5. The number of furan rings is 1. The zero-order chi connectivity index (χ0) is 25.6. The van der Waals surface area contributed by atoms with Gasteiger partial charge in [-0.3, -0.25) is 0 Å². The normalized spacial score (nSPS) is 17.2. The SMILES string of the molecule is c1cc(-c2ccc(-c3cc(CNCC4CCNCC4)sc3-c3ccc(CC4CCNCC4)cc3)cc2)co1. The first kappa shape index (κ1) is 25.6. The van der Waals surface area contributed by atoms with Gasteiger partial charge in [-0.15, -0.1) is 11.3 Å². The van der Waals surface area contributed by atoms with Crippen molar-refractivity contribution >= 4 is 11.3 Å². The van der Waals surface area contributed by atoms with E-state index in [-0.39, 0.29) is 0 Å². The minimum Gasteiger partial charge on any atom is -0.472 e. The van der Waals surface area contributed by atoms with E-state index < -0.39 is 0 Å². The lowest BCUT2D eigenvalue weighted by atomic mass is 9.90. The van der Waals surface area contributed by atoms with Gasteiger partial charge < -0.3 is 20.4 Å². The number of hydrogen-bond donors (Lipinski definition) is 3. The molecule has 0 bridgehead atoms. The van der Waals surface area contributed by atoms with Crippen molar-refractivity contribution in [1.29, 1.82) is 0 Å². The van der Waals surface area contributed by atoms with Crippen LogP contribution in [0, 0.1) is 11.8 Å². The summed E-state index contributed by atoms with van der Waals surface area (Å²) in [4.78, 5) is 2.77. The zero-order valence-electron chi connectivity index (χ0n) is 22.2. The standard InChI is InChI=1S/C33H39N3OS/c1-3-29(4-2-24(1)19-25-9-14-34-15-10-25)33-32(28-7-5-27(6-8-28)30-13-18-37-23-30)20-31(38-33)22-36-21-26-11-16-35-17-12-26/h1-8,13,18,20,23,25-26,34-36H,9-12,14-17,19,21-22H2. The predicted molar refractivity (Wildman–Crippen MR) is 159 cm³/mol. The van der Waals surface area contributed by atoms with Crippen LogP contribution in [0.5, 0.6) is 0 Å². The molecule has 0 amide bonds. The maximum absolute atomic E-state index is 5.29. The van der Waals surface area contributed by atoms with Gasteiger partial charge in [0, 0.05) is 27.4 Å². The maximum Gasteiger partial charge on any atom is 0.0980 e. The molecule has 4 nitrogen and oxygen atoms in total. The van der Waals surface area contributed by atoms with Crippen LogP contribution in [0.25, 0.3) is 32.7 Å². The first-order chi connectivity index (χ1) is 18.8. The van der Waals surface area contributed by atoms with Crippen molar-refractivity contribution in [2.24, 2.45) is 11.8 Å². The van der Waals surface area contributed by atoms with Crippen molar-refractivity contribution in [1.82, 2.24) is 16.0 Å². The third kappa shape index (κ3) is 6.29. The molecule has 6 rings (SSSR count). The van der Waals surface area contributed by atoms with Gasteiger partial charge in [0.15, 0.2) is 0 Å². The summed E-state index contributed by atoms with van der Waals surface area (Å²) in [5.41, 5.74) is 7.69. The molecule has 2 aliphatic heterocycles. The first-order valence-corrected chi connectivity index (χ1v) is 15.1. The second-order valence-electron chi connectivity index (χ2n) is 11.0. The van der Waals surface area contributed by atoms with Crippen LogP contribution >= 0.6 is 11.3 Å². The van der Waals surface area contributed by atoms with Gasteiger partial charge in [-0.05, 0) is 111 Å². The number of benzene rings is 2. The van der Waals surface area contributed by atoms with Crippen molar-refractivity contribution < 1.29 is 4.42 Å². The summed E-state index contributed by atoms with van der Waals surface area (Å²) < 4.78 is 5.29. The summed E-state index contributed by atoms with van der Waals surface area (Å²) in [7, 11) is 0. The second kappa shape index (κ2) is 12.4. The summed E-state index contributed by atoms with van der Waals surface area (Å²) >= 11 is 1.94. The monoisotopic (exact) mass is 525 g/mol. The highest BCUT2D eigenvalue weighted by atomic mass is 32.1. The molecule has 38 heavy (non-hydrogen) atoms. The van der Waals surface area contributed by atoms with E-state index >= 15 is 0 Å². The Kier molecular flexibility index (Phi) is 8.37. The molecule has 2 fully saturated rings. The Hall–Kier alpha value is -2.70. The Morgan fingerprint density at radius 3 is 2.08 bits per heavy atom. The van der Waals surface area contributed by atoms with E-state index in [1.165, 1.54) is 69.7 Å². The lowest BCUT2D eigenvalue weighted by Crippen LogP contribution is -2.33. The number of rotatable bonds is 9. The highest BCUT2D eigenvalue weighted by molar-refractivity contribution is 7.16. The van der Waals surface area contributed by atoms with E-state index in [0.717, 1.165) is 56.7 Å². The van der Waals surface area contributed by atoms with Gasteiger partial charge in [-0.1, -0.05) is 48.5 Å². The topological polar surface area (TPSA) is 49.2 Å². The molecular formula is C33H39N3OS. The van der Waals surface area contributed by atoms with E-state index in [0.29, 0.717) is 0 Å². The highest BCUT2D eigenvalue weighted by Gasteiger charge is 2.17. The number of piperidine rings is 2. The summed E-state index contributed by atoms with van der Waals surface area (Å²) in [5.74, 6) is 1.60. The largest absolute Gasteiger partial charge is 0.472 e. The minimum atomic E-state index is 0.790. The molecule has 198 valence electrons. The van der Waals surface area contributed by atoms with Gasteiger partial charge in [0.1, 0.15) is 0 Å². The average Bonchev–Trinajstić information content (AvgIpc) is 3.66. The van der Waals surface area contributed by atoms with Crippen LogP contribution < -0.4 is 16.0 Å². The Balaban J connectivity index is 1.22. The third-order valence-corrected chi connectivity index (χ3v) is 9.41. The molecule has 2 aliphatic rings. The van der Waals surface area contributed by atoms with Gasteiger partial charge in [0.25, 0.3) is 0 Å². The molecule has 2 saturated heterocycles. The van der Waals surface area contributed by atoms with E-state index in [4.69, 9.17) is 4.42 Å². The summed E-state index contributed by atoms with van der Waals surface area (Å²) in [5, 5.41) is 10.7. The molecule has 2 aromatic heterocycles. The van der Waals surface area contributed by atoms with Crippen LogP contribution in [0.4, 0.5) is 0 Å². The first-order valence-electron chi connectivity index (χ1n) is 14.3. The van der Waals surface area contributed by atoms with Crippen LogP contribution in [0.2, 0.25) is 0 Å². The summed E-state index contributed by atoms with van der Waals surface area (Å²) in [6.45, 7) is 6.67. The Labute approximate surface area is 230 Å². The van der Waals surface area contributed by atoms with Crippen LogP contribution in [-0.2, 0) is 13.0 Å². The van der Waals surface area contributed by atoms with E-state index in [9.17, 15) is 0 Å². The molecule has 4 heterocycles. The van der Waals surface area contributed by atoms with Crippen molar-refractivity contribution in [3.63, 3.8) is 0 Å². The molecule has 5 heteroatoms. The fourth-order valence-corrected chi connectivity index (χ4v) is 7.08. The quantitative estimate of drug-likeness (QED) is 0.221. The van der Waals surface area contributed by atoms with Gasteiger partial charge in [0.05, 0.1) is 12.5 Å². The van der Waals surface area contributed by atoms with E-state index in [1.807, 2.05) is 23.7 Å². The lowest BCUT2D eigenvalue weighted by Gasteiger charge is -2.22. The molecule has 0 unspecified atom stereocenters. The molecule has 0 radical (unpaired) electrons. The third-order valence-electron chi connectivity index (χ3n) is 8.22. The summed E-state index contributed by atoms with van der Waals surface area (Å²) in [6, 6.07) is 22.8. The fraction of sp³-hybridized carbons (Fsp3) is 0.394. The van der Waals surface area contributed by atoms with Crippen LogP contribution in [0.1, 0.15) is 36.1 Å². The van der Waals surface area contributed by atoms with Crippen LogP contribution in [0.3, 0.4) is 0 Å². The average molecular weight is 526 g/mol. The molecule has 0 spiro atoms. The molecule has 0 saturated carbocycles. The van der Waals surface area contributed by atoms with Gasteiger partial charge in [0.2, 0.25) is 0 Å². The molecule has 0 atom stereocenters. The molecule has 4 aromatic rings. The fourth-order valence-electron chi connectivity index (χ4n) is 5.93. The van der Waals surface area contributed by atoms with Gasteiger partial charge >= 0.3 is 0 Å². The van der Waals surface area contributed by atoms with Crippen molar-refractivity contribution in [3.05, 3.63) is 83.6 Å². The highest BCUT2D eigenvalue weighted by Crippen LogP contribution is 2.40. The molecular weight excluding hydrogens is 486 g/mol.